The molecule has 0 saturated carbocycles. The van der Waals surface area contributed by atoms with Crippen molar-refractivity contribution in [1.82, 2.24) is 0 Å². The first-order chi connectivity index (χ1) is 7.34. The van der Waals surface area contributed by atoms with E-state index in [1.54, 1.807) is 20.8 Å². The van der Waals surface area contributed by atoms with Gasteiger partial charge in [0.05, 0.1) is 5.60 Å². The van der Waals surface area contributed by atoms with Gasteiger partial charge in [-0.05, 0) is 18.4 Å². The van der Waals surface area contributed by atoms with E-state index in [0.717, 1.165) is 12.1 Å². The molecule has 0 aromatic heterocycles. The van der Waals surface area contributed by atoms with Crippen LogP contribution in [0.15, 0.2) is 12.1 Å². The lowest BCUT2D eigenvalue weighted by molar-refractivity contribution is -0.0177. The lowest BCUT2D eigenvalue weighted by Crippen LogP contribution is -2.32. The van der Waals surface area contributed by atoms with Crippen LogP contribution in [0.1, 0.15) is 32.8 Å². The molecule has 0 fully saturated rings. The van der Waals surface area contributed by atoms with E-state index in [4.69, 9.17) is 0 Å². The van der Waals surface area contributed by atoms with Crippen LogP contribution < -0.4 is 0 Å². The van der Waals surface area contributed by atoms with Gasteiger partial charge in [-0.2, -0.15) is 0 Å². The minimum absolute atomic E-state index is 0.191. The average molecular weight is 232 g/mol. The maximum atomic E-state index is 13.5. The van der Waals surface area contributed by atoms with Crippen molar-refractivity contribution in [3.05, 3.63) is 35.1 Å². The normalized spacial score (nSPS) is 15.2. The van der Waals surface area contributed by atoms with Crippen molar-refractivity contribution in [1.29, 1.82) is 0 Å². The van der Waals surface area contributed by atoms with Gasteiger partial charge in [0.1, 0.15) is 0 Å². The fraction of sp³-hybridized carbons (Fsp3) is 0.500. The minimum atomic E-state index is -1.54. The summed E-state index contributed by atoms with van der Waals surface area (Å²) in [6.45, 7) is 5.06. The van der Waals surface area contributed by atoms with E-state index in [1.165, 1.54) is 0 Å². The molecular formula is C12H15F3O. The highest BCUT2D eigenvalue weighted by molar-refractivity contribution is 5.26. The van der Waals surface area contributed by atoms with Crippen LogP contribution in [0.3, 0.4) is 0 Å². The quantitative estimate of drug-likeness (QED) is 0.792. The summed E-state index contributed by atoms with van der Waals surface area (Å²) in [7, 11) is 0. The van der Waals surface area contributed by atoms with Gasteiger partial charge in [-0.25, -0.2) is 13.2 Å². The van der Waals surface area contributed by atoms with Crippen molar-refractivity contribution < 1.29 is 18.3 Å². The van der Waals surface area contributed by atoms with E-state index in [2.05, 4.69) is 0 Å². The molecule has 0 spiro atoms. The predicted octanol–water partition coefficient (Wildman–Crippen LogP) is 3.36. The topological polar surface area (TPSA) is 20.2 Å². The van der Waals surface area contributed by atoms with Gasteiger partial charge < -0.3 is 5.11 Å². The highest BCUT2D eigenvalue weighted by Gasteiger charge is 2.35. The molecule has 0 heterocycles. The third-order valence-electron chi connectivity index (χ3n) is 3.00. The average Bonchev–Trinajstić information content (AvgIpc) is 2.25. The first kappa shape index (κ1) is 13.0. The van der Waals surface area contributed by atoms with Gasteiger partial charge in [0.2, 0.25) is 0 Å². The van der Waals surface area contributed by atoms with Crippen molar-refractivity contribution in [3.8, 4) is 0 Å². The van der Waals surface area contributed by atoms with Crippen LogP contribution >= 0.6 is 0 Å². The Morgan fingerprint density at radius 3 is 2.19 bits per heavy atom. The van der Waals surface area contributed by atoms with Crippen molar-refractivity contribution >= 4 is 0 Å². The summed E-state index contributed by atoms with van der Waals surface area (Å²) in [5.74, 6) is -4.39. The smallest absolute Gasteiger partial charge is 0.194 e. The monoisotopic (exact) mass is 232 g/mol. The van der Waals surface area contributed by atoms with Gasteiger partial charge in [0.25, 0.3) is 0 Å². The molecule has 1 rings (SSSR count). The molecule has 0 bridgehead atoms. The van der Waals surface area contributed by atoms with Gasteiger partial charge in [-0.1, -0.05) is 26.8 Å². The number of hydrogen-bond donors (Lipinski definition) is 1. The Bertz CT molecular complexity index is 390. The minimum Gasteiger partial charge on any atom is -0.385 e. The molecule has 90 valence electrons. The fourth-order valence-corrected chi connectivity index (χ4v) is 1.77. The molecule has 0 amide bonds. The van der Waals surface area contributed by atoms with Crippen LogP contribution in [-0.2, 0) is 5.60 Å². The molecule has 0 saturated heterocycles. The summed E-state index contributed by atoms with van der Waals surface area (Å²) in [5.41, 5.74) is -1.66. The van der Waals surface area contributed by atoms with Crippen LogP contribution in [0.25, 0.3) is 0 Å². The van der Waals surface area contributed by atoms with E-state index in [9.17, 15) is 18.3 Å². The second-order valence-electron chi connectivity index (χ2n) is 4.16. The van der Waals surface area contributed by atoms with E-state index >= 15 is 0 Å². The first-order valence-corrected chi connectivity index (χ1v) is 5.21. The summed E-state index contributed by atoms with van der Waals surface area (Å²) >= 11 is 0. The number of rotatable bonds is 3. The summed E-state index contributed by atoms with van der Waals surface area (Å²) in [6, 6.07) is 1.92. The van der Waals surface area contributed by atoms with E-state index in [1.807, 2.05) is 0 Å². The van der Waals surface area contributed by atoms with Crippen molar-refractivity contribution in [2.45, 2.75) is 32.8 Å². The Balaban J connectivity index is 3.38. The Kier molecular flexibility index (Phi) is 3.63. The number of hydrogen-bond acceptors (Lipinski definition) is 1. The molecule has 1 aromatic carbocycles. The van der Waals surface area contributed by atoms with E-state index in [-0.39, 0.29) is 17.9 Å². The molecule has 0 aliphatic rings. The zero-order valence-corrected chi connectivity index (χ0v) is 9.52. The lowest BCUT2D eigenvalue weighted by Gasteiger charge is -2.32. The van der Waals surface area contributed by atoms with Crippen LogP contribution in [0.2, 0.25) is 0 Å². The zero-order chi connectivity index (χ0) is 12.5. The number of aliphatic hydroxyl groups is 1. The lowest BCUT2D eigenvalue weighted by atomic mass is 9.81. The molecule has 0 aliphatic carbocycles. The first-order valence-electron chi connectivity index (χ1n) is 5.21. The van der Waals surface area contributed by atoms with E-state index in [0.29, 0.717) is 0 Å². The third-order valence-corrected chi connectivity index (χ3v) is 3.00. The summed E-state index contributed by atoms with van der Waals surface area (Å²) in [6.07, 6.45) is 0.229. The van der Waals surface area contributed by atoms with Gasteiger partial charge in [0, 0.05) is 5.56 Å². The predicted molar refractivity (Wildman–Crippen MR) is 55.3 cm³/mol. The summed E-state index contributed by atoms with van der Waals surface area (Å²) < 4.78 is 39.3. The molecule has 16 heavy (non-hydrogen) atoms. The Morgan fingerprint density at radius 2 is 1.75 bits per heavy atom. The Hall–Kier alpha value is -1.03. The molecule has 0 aliphatic heterocycles. The van der Waals surface area contributed by atoms with Crippen molar-refractivity contribution in [2.24, 2.45) is 5.92 Å². The molecular weight excluding hydrogens is 217 g/mol. The number of halogens is 3. The van der Waals surface area contributed by atoms with Gasteiger partial charge in [-0.3, -0.25) is 0 Å². The highest BCUT2D eigenvalue weighted by atomic mass is 19.2. The van der Waals surface area contributed by atoms with Crippen LogP contribution in [0.5, 0.6) is 0 Å². The molecule has 1 aromatic rings. The molecule has 1 atom stereocenters. The third kappa shape index (κ3) is 1.94. The fourth-order valence-electron chi connectivity index (χ4n) is 1.77. The summed E-state index contributed by atoms with van der Waals surface area (Å²) in [4.78, 5) is 0. The second-order valence-corrected chi connectivity index (χ2v) is 4.16. The van der Waals surface area contributed by atoms with Crippen LogP contribution in [-0.4, -0.2) is 5.11 Å². The van der Waals surface area contributed by atoms with E-state index < -0.39 is 23.1 Å². The molecule has 0 radical (unpaired) electrons. The van der Waals surface area contributed by atoms with Crippen molar-refractivity contribution in [3.63, 3.8) is 0 Å². The van der Waals surface area contributed by atoms with Crippen LogP contribution in [0.4, 0.5) is 13.2 Å². The zero-order valence-electron chi connectivity index (χ0n) is 9.52. The van der Waals surface area contributed by atoms with Gasteiger partial charge in [0.15, 0.2) is 17.5 Å². The standard InChI is InChI=1S/C12H15F3O/c1-4-12(16,7(2)3)8-5-6-9(13)11(15)10(8)14/h5-7,16H,4H2,1-3H3. The second kappa shape index (κ2) is 4.45. The Labute approximate surface area is 92.9 Å². The maximum Gasteiger partial charge on any atom is 0.194 e. The van der Waals surface area contributed by atoms with Crippen molar-refractivity contribution in [2.75, 3.05) is 0 Å². The number of benzene rings is 1. The molecule has 1 nitrogen and oxygen atoms in total. The van der Waals surface area contributed by atoms with Crippen LogP contribution in [0, 0.1) is 23.4 Å². The molecule has 1 unspecified atom stereocenters. The van der Waals surface area contributed by atoms with Gasteiger partial charge in [-0.15, -0.1) is 0 Å². The summed E-state index contributed by atoms with van der Waals surface area (Å²) in [5, 5.41) is 10.2. The SMILES string of the molecule is CCC(O)(c1ccc(F)c(F)c1F)C(C)C. The van der Waals surface area contributed by atoms with Gasteiger partial charge >= 0.3 is 0 Å². The molecule has 1 N–H and O–H groups in total. The molecule has 4 heteroatoms. The highest BCUT2D eigenvalue weighted by Crippen LogP contribution is 2.35. The Morgan fingerprint density at radius 1 is 1.19 bits per heavy atom. The maximum absolute atomic E-state index is 13.5. The largest absolute Gasteiger partial charge is 0.385 e.